The molecule has 0 radical (unpaired) electrons. The van der Waals surface area contributed by atoms with Crippen LogP contribution in [-0.4, -0.2) is 36.7 Å². The highest BCUT2D eigenvalue weighted by atomic mass is 16.5. The first-order valence-electron chi connectivity index (χ1n) is 5.75. The molecule has 76 valence electrons. The molecule has 0 N–H and O–H groups in total. The predicted molar refractivity (Wildman–Crippen MR) is 53.9 cm³/mol. The molecule has 13 heavy (non-hydrogen) atoms. The molecule has 0 aromatic carbocycles. The fourth-order valence-electron chi connectivity index (χ4n) is 2.62. The van der Waals surface area contributed by atoms with Crippen molar-refractivity contribution < 1.29 is 4.74 Å². The third kappa shape index (κ3) is 2.05. The van der Waals surface area contributed by atoms with E-state index in [2.05, 4.69) is 11.8 Å². The van der Waals surface area contributed by atoms with Gasteiger partial charge in [0.05, 0.1) is 13.2 Å². The molecule has 2 bridgehead atoms. The summed E-state index contributed by atoms with van der Waals surface area (Å²) in [7, 11) is 0. The van der Waals surface area contributed by atoms with Crippen molar-refractivity contribution in [2.75, 3.05) is 19.8 Å². The molecule has 2 aliphatic rings. The zero-order valence-electron chi connectivity index (χ0n) is 8.67. The Morgan fingerprint density at radius 2 is 1.85 bits per heavy atom. The van der Waals surface area contributed by atoms with Crippen LogP contribution in [0.25, 0.3) is 0 Å². The quantitative estimate of drug-likeness (QED) is 0.618. The predicted octanol–water partition coefficient (Wildman–Crippen LogP) is 2.04. The third-order valence-electron chi connectivity index (χ3n) is 3.41. The van der Waals surface area contributed by atoms with Crippen LogP contribution in [-0.2, 0) is 4.74 Å². The van der Waals surface area contributed by atoms with Crippen LogP contribution in [0.5, 0.6) is 0 Å². The second kappa shape index (κ2) is 4.43. The van der Waals surface area contributed by atoms with Crippen molar-refractivity contribution in [3.8, 4) is 0 Å². The standard InChI is InChI=1S/C11H21NO/c1-2-3-4-7-12-10-5-6-11(12)9-13-8-10/h10-11H,2-9H2,1H3. The molecule has 2 atom stereocenters. The Balaban J connectivity index is 1.78. The summed E-state index contributed by atoms with van der Waals surface area (Å²) < 4.78 is 5.55. The molecule has 2 aliphatic heterocycles. The summed E-state index contributed by atoms with van der Waals surface area (Å²) in [5.41, 5.74) is 0. The van der Waals surface area contributed by atoms with Gasteiger partial charge in [-0.1, -0.05) is 19.8 Å². The molecule has 0 spiro atoms. The first kappa shape index (κ1) is 9.47. The van der Waals surface area contributed by atoms with Crippen molar-refractivity contribution in [3.63, 3.8) is 0 Å². The van der Waals surface area contributed by atoms with Crippen LogP contribution in [0.3, 0.4) is 0 Å². The lowest BCUT2D eigenvalue weighted by Crippen LogP contribution is -2.46. The lowest BCUT2D eigenvalue weighted by molar-refractivity contribution is -0.0149. The molecule has 0 aliphatic carbocycles. The molecule has 2 unspecified atom stereocenters. The van der Waals surface area contributed by atoms with Crippen molar-refractivity contribution in [3.05, 3.63) is 0 Å². The summed E-state index contributed by atoms with van der Waals surface area (Å²) in [5, 5.41) is 0. The molecule has 2 fully saturated rings. The molecule has 0 aromatic heterocycles. The summed E-state index contributed by atoms with van der Waals surface area (Å²) in [6.45, 7) is 5.56. The minimum Gasteiger partial charge on any atom is -0.378 e. The molecule has 2 nitrogen and oxygen atoms in total. The Morgan fingerprint density at radius 3 is 2.46 bits per heavy atom. The van der Waals surface area contributed by atoms with Crippen LogP contribution in [0.15, 0.2) is 0 Å². The van der Waals surface area contributed by atoms with Gasteiger partial charge in [-0.25, -0.2) is 0 Å². The number of hydrogen-bond donors (Lipinski definition) is 0. The van der Waals surface area contributed by atoms with Crippen LogP contribution < -0.4 is 0 Å². The van der Waals surface area contributed by atoms with E-state index in [1.165, 1.54) is 38.6 Å². The second-order valence-corrected chi connectivity index (χ2v) is 4.37. The van der Waals surface area contributed by atoms with Crippen LogP contribution in [0.2, 0.25) is 0 Å². The van der Waals surface area contributed by atoms with Crippen molar-refractivity contribution in [1.82, 2.24) is 4.90 Å². The number of fused-ring (bicyclic) bond motifs is 2. The minimum absolute atomic E-state index is 0.760. The molecule has 0 amide bonds. The molecular weight excluding hydrogens is 162 g/mol. The average molecular weight is 183 g/mol. The highest BCUT2D eigenvalue weighted by Crippen LogP contribution is 2.28. The molecular formula is C11H21NO. The molecule has 0 aromatic rings. The van der Waals surface area contributed by atoms with Gasteiger partial charge in [-0.2, -0.15) is 0 Å². The zero-order valence-corrected chi connectivity index (χ0v) is 8.67. The van der Waals surface area contributed by atoms with Gasteiger partial charge in [0.2, 0.25) is 0 Å². The summed E-state index contributed by atoms with van der Waals surface area (Å²) in [6.07, 6.45) is 6.84. The Kier molecular flexibility index (Phi) is 3.23. The summed E-state index contributed by atoms with van der Waals surface area (Å²) in [5.74, 6) is 0. The summed E-state index contributed by atoms with van der Waals surface area (Å²) >= 11 is 0. The maximum absolute atomic E-state index is 5.55. The lowest BCUT2D eigenvalue weighted by atomic mass is 10.2. The van der Waals surface area contributed by atoms with Gasteiger partial charge in [-0.3, -0.25) is 4.90 Å². The van der Waals surface area contributed by atoms with Gasteiger partial charge in [-0.05, 0) is 25.8 Å². The topological polar surface area (TPSA) is 12.5 Å². The number of nitrogens with zero attached hydrogens (tertiary/aromatic N) is 1. The summed E-state index contributed by atoms with van der Waals surface area (Å²) in [6, 6.07) is 1.52. The normalized spacial score (nSPS) is 33.9. The van der Waals surface area contributed by atoms with Gasteiger partial charge in [0.1, 0.15) is 0 Å². The number of rotatable bonds is 4. The van der Waals surface area contributed by atoms with E-state index in [0.717, 1.165) is 25.3 Å². The van der Waals surface area contributed by atoms with Crippen LogP contribution >= 0.6 is 0 Å². The van der Waals surface area contributed by atoms with E-state index in [-0.39, 0.29) is 0 Å². The van der Waals surface area contributed by atoms with Crippen LogP contribution in [0, 0.1) is 0 Å². The van der Waals surface area contributed by atoms with E-state index < -0.39 is 0 Å². The van der Waals surface area contributed by atoms with E-state index in [1.807, 2.05) is 0 Å². The molecule has 2 heterocycles. The van der Waals surface area contributed by atoms with Crippen LogP contribution in [0.1, 0.15) is 39.0 Å². The fourth-order valence-corrected chi connectivity index (χ4v) is 2.62. The van der Waals surface area contributed by atoms with E-state index in [0.29, 0.717) is 0 Å². The minimum atomic E-state index is 0.760. The first-order chi connectivity index (χ1) is 6.42. The number of unbranched alkanes of at least 4 members (excludes halogenated alkanes) is 2. The fraction of sp³-hybridized carbons (Fsp3) is 1.00. The molecule has 2 heteroatoms. The highest BCUT2D eigenvalue weighted by molar-refractivity contribution is 4.90. The molecule has 2 rings (SSSR count). The number of ether oxygens (including phenoxy) is 1. The Morgan fingerprint density at radius 1 is 1.15 bits per heavy atom. The SMILES string of the molecule is CCCCCN1C2CCC1COC2. The Bertz CT molecular complexity index is 144. The lowest BCUT2D eigenvalue weighted by Gasteiger charge is -2.34. The second-order valence-electron chi connectivity index (χ2n) is 4.37. The average Bonchev–Trinajstić information content (AvgIpc) is 2.38. The van der Waals surface area contributed by atoms with E-state index >= 15 is 0 Å². The van der Waals surface area contributed by atoms with Gasteiger partial charge in [0, 0.05) is 12.1 Å². The van der Waals surface area contributed by atoms with E-state index in [1.54, 1.807) is 0 Å². The van der Waals surface area contributed by atoms with Gasteiger partial charge in [0.15, 0.2) is 0 Å². The Labute approximate surface area is 81.3 Å². The van der Waals surface area contributed by atoms with Crippen molar-refractivity contribution in [2.24, 2.45) is 0 Å². The van der Waals surface area contributed by atoms with Crippen molar-refractivity contribution in [1.29, 1.82) is 0 Å². The van der Waals surface area contributed by atoms with Gasteiger partial charge < -0.3 is 4.74 Å². The largest absolute Gasteiger partial charge is 0.378 e. The molecule has 2 saturated heterocycles. The number of morpholine rings is 1. The van der Waals surface area contributed by atoms with E-state index in [9.17, 15) is 0 Å². The Hall–Kier alpha value is -0.0800. The van der Waals surface area contributed by atoms with Crippen LogP contribution in [0.4, 0.5) is 0 Å². The zero-order chi connectivity index (χ0) is 9.10. The number of hydrogen-bond acceptors (Lipinski definition) is 2. The van der Waals surface area contributed by atoms with Gasteiger partial charge >= 0.3 is 0 Å². The van der Waals surface area contributed by atoms with Crippen molar-refractivity contribution in [2.45, 2.75) is 51.1 Å². The maximum atomic E-state index is 5.55. The smallest absolute Gasteiger partial charge is 0.0622 e. The van der Waals surface area contributed by atoms with Crippen molar-refractivity contribution >= 4 is 0 Å². The highest BCUT2D eigenvalue weighted by Gasteiger charge is 2.36. The third-order valence-corrected chi connectivity index (χ3v) is 3.41. The summed E-state index contributed by atoms with van der Waals surface area (Å²) in [4.78, 5) is 2.69. The first-order valence-corrected chi connectivity index (χ1v) is 5.75. The maximum Gasteiger partial charge on any atom is 0.0622 e. The van der Waals surface area contributed by atoms with E-state index in [4.69, 9.17) is 4.74 Å². The molecule has 0 saturated carbocycles. The van der Waals surface area contributed by atoms with Gasteiger partial charge in [0.25, 0.3) is 0 Å². The van der Waals surface area contributed by atoms with Gasteiger partial charge in [-0.15, -0.1) is 0 Å². The monoisotopic (exact) mass is 183 g/mol.